The lowest BCUT2D eigenvalue weighted by molar-refractivity contribution is 0.149. The maximum absolute atomic E-state index is 13.2. The predicted octanol–water partition coefficient (Wildman–Crippen LogP) is 4.93. The smallest absolute Gasteiger partial charge is 0.252 e. The van der Waals surface area contributed by atoms with Crippen LogP contribution in [-0.2, 0) is 19.6 Å². The van der Waals surface area contributed by atoms with Gasteiger partial charge in [0.2, 0.25) is 0 Å². The van der Waals surface area contributed by atoms with Crippen molar-refractivity contribution in [3.63, 3.8) is 0 Å². The third kappa shape index (κ3) is 4.85. The second-order valence-electron chi connectivity index (χ2n) is 9.18. The first kappa shape index (κ1) is 23.7. The molecule has 0 saturated carbocycles. The van der Waals surface area contributed by atoms with Crippen LogP contribution in [0.3, 0.4) is 0 Å². The molecule has 0 amide bonds. The van der Waals surface area contributed by atoms with Crippen LogP contribution in [0.2, 0.25) is 0 Å². The molecule has 8 nitrogen and oxygen atoms in total. The molecular weight excluding hydrogens is 452 g/mol. The van der Waals surface area contributed by atoms with Crippen molar-refractivity contribution in [3.05, 3.63) is 111 Å². The van der Waals surface area contributed by atoms with Gasteiger partial charge in [0.25, 0.3) is 5.56 Å². The van der Waals surface area contributed by atoms with Crippen LogP contribution in [0.5, 0.6) is 0 Å². The molecule has 36 heavy (non-hydrogen) atoms. The number of nitrogens with one attached hydrogen (secondary N) is 1. The molecule has 8 heteroatoms. The molecule has 2 aromatic carbocycles. The van der Waals surface area contributed by atoms with E-state index in [1.54, 1.807) is 6.26 Å². The number of aryl methyl sites for hydroxylation is 2. The Morgan fingerprint density at radius 2 is 1.89 bits per heavy atom. The lowest BCUT2D eigenvalue weighted by Gasteiger charge is -2.29. The first-order chi connectivity index (χ1) is 17.5. The normalized spacial score (nSPS) is 12.4. The van der Waals surface area contributed by atoms with Crippen molar-refractivity contribution in [1.29, 1.82) is 0 Å². The van der Waals surface area contributed by atoms with Gasteiger partial charge in [-0.25, -0.2) is 4.68 Å². The number of furan rings is 1. The van der Waals surface area contributed by atoms with Crippen LogP contribution in [0, 0.1) is 13.8 Å². The molecule has 0 aliphatic rings. The van der Waals surface area contributed by atoms with Crippen molar-refractivity contribution in [3.8, 4) is 0 Å². The summed E-state index contributed by atoms with van der Waals surface area (Å²) < 4.78 is 7.53. The van der Waals surface area contributed by atoms with E-state index < -0.39 is 0 Å². The van der Waals surface area contributed by atoms with Gasteiger partial charge in [0.1, 0.15) is 5.76 Å². The van der Waals surface area contributed by atoms with Gasteiger partial charge in [0.15, 0.2) is 5.82 Å². The summed E-state index contributed by atoms with van der Waals surface area (Å²) in [5.41, 5.74) is 4.87. The molecule has 0 unspecified atom stereocenters. The molecule has 0 aliphatic heterocycles. The fourth-order valence-electron chi connectivity index (χ4n) is 4.71. The summed E-state index contributed by atoms with van der Waals surface area (Å²) in [7, 11) is 0. The fourth-order valence-corrected chi connectivity index (χ4v) is 4.71. The van der Waals surface area contributed by atoms with Crippen molar-refractivity contribution in [1.82, 2.24) is 30.1 Å². The minimum absolute atomic E-state index is 0.0839. The van der Waals surface area contributed by atoms with Crippen molar-refractivity contribution in [2.75, 3.05) is 0 Å². The maximum Gasteiger partial charge on any atom is 0.252 e. The molecular formula is C28H30N6O2. The van der Waals surface area contributed by atoms with Gasteiger partial charge in [-0.1, -0.05) is 49.4 Å². The number of pyridine rings is 1. The monoisotopic (exact) mass is 482 g/mol. The highest BCUT2D eigenvalue weighted by molar-refractivity contribution is 5.83. The van der Waals surface area contributed by atoms with Crippen LogP contribution in [0.15, 0.2) is 76.1 Å². The zero-order valence-corrected chi connectivity index (χ0v) is 20.8. The van der Waals surface area contributed by atoms with E-state index in [-0.39, 0.29) is 11.6 Å². The fraction of sp³-hybridized carbons (Fsp3) is 0.286. The Labute approximate surface area is 209 Å². The summed E-state index contributed by atoms with van der Waals surface area (Å²) in [6, 6.07) is 20.0. The molecule has 0 saturated heterocycles. The molecule has 0 aliphatic carbocycles. The Bertz CT molecular complexity index is 1500. The van der Waals surface area contributed by atoms with E-state index in [0.717, 1.165) is 45.6 Å². The Morgan fingerprint density at radius 1 is 1.06 bits per heavy atom. The van der Waals surface area contributed by atoms with Gasteiger partial charge in [-0.2, -0.15) is 0 Å². The van der Waals surface area contributed by atoms with E-state index in [9.17, 15) is 4.79 Å². The maximum atomic E-state index is 13.2. The molecule has 1 N–H and O–H groups in total. The van der Waals surface area contributed by atoms with Gasteiger partial charge in [0, 0.05) is 12.1 Å². The van der Waals surface area contributed by atoms with Crippen LogP contribution in [0.25, 0.3) is 10.9 Å². The molecule has 0 bridgehead atoms. The quantitative estimate of drug-likeness (QED) is 0.320. The molecule has 0 spiro atoms. The predicted molar refractivity (Wildman–Crippen MR) is 138 cm³/mol. The zero-order valence-electron chi connectivity index (χ0n) is 20.8. The van der Waals surface area contributed by atoms with E-state index in [4.69, 9.17) is 4.42 Å². The first-order valence-corrected chi connectivity index (χ1v) is 12.2. The lowest BCUT2D eigenvalue weighted by atomic mass is 10.0. The number of rotatable bonds is 9. The number of hydrogen-bond donors (Lipinski definition) is 1. The Morgan fingerprint density at radius 3 is 2.64 bits per heavy atom. The first-order valence-electron chi connectivity index (χ1n) is 12.2. The molecule has 3 heterocycles. The van der Waals surface area contributed by atoms with Gasteiger partial charge in [-0.3, -0.25) is 9.69 Å². The standard InChI is InChI=1S/C28H30N6O2/c1-4-25(27-30-31-32-34(27)16-21-9-6-5-7-10-21)33(18-24-11-8-14-36-24)17-23-15-22-13-12-19(2)20(3)26(22)29-28(23)35/h5-15,25H,4,16-18H2,1-3H3,(H,29,35)/t25-/m0/s1. The second-order valence-corrected chi connectivity index (χ2v) is 9.18. The SMILES string of the molecule is CC[C@@H](c1nnnn1Cc1ccccc1)N(Cc1ccco1)Cc1cc2ccc(C)c(C)c2[nH]c1=O. The van der Waals surface area contributed by atoms with Gasteiger partial charge in [-0.15, -0.1) is 5.10 Å². The molecule has 5 rings (SSSR count). The third-order valence-electron chi connectivity index (χ3n) is 6.80. The number of tetrazole rings is 1. The van der Waals surface area contributed by atoms with Gasteiger partial charge < -0.3 is 9.40 Å². The Kier molecular flexibility index (Phi) is 6.77. The van der Waals surface area contributed by atoms with Crippen LogP contribution >= 0.6 is 0 Å². The van der Waals surface area contributed by atoms with Gasteiger partial charge >= 0.3 is 0 Å². The van der Waals surface area contributed by atoms with E-state index in [1.165, 1.54) is 0 Å². The van der Waals surface area contributed by atoms with E-state index in [0.29, 0.717) is 25.2 Å². The minimum atomic E-state index is -0.122. The summed E-state index contributed by atoms with van der Waals surface area (Å²) in [5, 5.41) is 13.7. The molecule has 184 valence electrons. The summed E-state index contributed by atoms with van der Waals surface area (Å²) in [6.07, 6.45) is 2.43. The number of aromatic amines is 1. The van der Waals surface area contributed by atoms with Crippen LogP contribution in [-0.4, -0.2) is 30.1 Å². The summed E-state index contributed by atoms with van der Waals surface area (Å²) >= 11 is 0. The number of aromatic nitrogens is 5. The Balaban J connectivity index is 1.51. The van der Waals surface area contributed by atoms with E-state index >= 15 is 0 Å². The van der Waals surface area contributed by atoms with Crippen molar-refractivity contribution >= 4 is 10.9 Å². The average Bonchev–Trinajstić information content (AvgIpc) is 3.56. The number of hydrogen-bond acceptors (Lipinski definition) is 6. The number of benzene rings is 2. The number of nitrogens with zero attached hydrogens (tertiary/aromatic N) is 5. The summed E-state index contributed by atoms with van der Waals surface area (Å²) in [5.74, 6) is 1.58. The largest absolute Gasteiger partial charge is 0.468 e. The van der Waals surface area contributed by atoms with Crippen LogP contribution in [0.1, 0.15) is 53.2 Å². The lowest BCUT2D eigenvalue weighted by Crippen LogP contribution is -2.32. The average molecular weight is 483 g/mol. The third-order valence-corrected chi connectivity index (χ3v) is 6.80. The summed E-state index contributed by atoms with van der Waals surface area (Å²) in [4.78, 5) is 18.5. The summed E-state index contributed by atoms with van der Waals surface area (Å²) in [6.45, 7) is 7.72. The van der Waals surface area contributed by atoms with Crippen molar-refractivity contribution < 1.29 is 4.42 Å². The molecule has 0 radical (unpaired) electrons. The van der Waals surface area contributed by atoms with Gasteiger partial charge in [-0.05, 0) is 71.0 Å². The number of H-pyrrole nitrogens is 1. The van der Waals surface area contributed by atoms with Crippen LogP contribution in [0.4, 0.5) is 0 Å². The second kappa shape index (κ2) is 10.3. The molecule has 1 atom stereocenters. The highest BCUT2D eigenvalue weighted by Crippen LogP contribution is 2.27. The topological polar surface area (TPSA) is 92.8 Å². The Hall–Kier alpha value is -4.04. The van der Waals surface area contributed by atoms with Gasteiger partial charge in [0.05, 0.1) is 30.9 Å². The minimum Gasteiger partial charge on any atom is -0.468 e. The van der Waals surface area contributed by atoms with Crippen LogP contribution < -0.4 is 5.56 Å². The number of fused-ring (bicyclic) bond motifs is 1. The van der Waals surface area contributed by atoms with E-state index in [2.05, 4.69) is 63.5 Å². The van der Waals surface area contributed by atoms with Crippen molar-refractivity contribution in [2.45, 2.75) is 52.9 Å². The van der Waals surface area contributed by atoms with Crippen molar-refractivity contribution in [2.24, 2.45) is 0 Å². The zero-order chi connectivity index (χ0) is 25.1. The molecule has 3 aromatic heterocycles. The molecule has 5 aromatic rings. The highest BCUT2D eigenvalue weighted by atomic mass is 16.3. The van der Waals surface area contributed by atoms with E-state index in [1.807, 2.05) is 48.0 Å². The highest BCUT2D eigenvalue weighted by Gasteiger charge is 2.27. The molecule has 0 fully saturated rings.